The number of Topliss-reactive ketones (excluding diaryl/α,β-unsaturated/α-hetero) is 1. The van der Waals surface area contributed by atoms with Crippen LogP contribution in [0.25, 0.3) is 10.9 Å². The first-order valence-electron chi connectivity index (χ1n) is 8.56. The third-order valence-electron chi connectivity index (χ3n) is 4.27. The van der Waals surface area contributed by atoms with Crippen LogP contribution in [-0.2, 0) is 11.3 Å². The highest BCUT2D eigenvalue weighted by Crippen LogP contribution is 2.25. The quantitative estimate of drug-likeness (QED) is 0.680. The number of fused-ring (bicyclic) bond motifs is 1. The molecule has 3 rings (SSSR count). The number of aromatic nitrogens is 1. The summed E-state index contributed by atoms with van der Waals surface area (Å²) in [6.07, 6.45) is 1.77. The third kappa shape index (κ3) is 3.47. The lowest BCUT2D eigenvalue weighted by molar-refractivity contribution is -0.116. The summed E-state index contributed by atoms with van der Waals surface area (Å²) in [5.74, 6) is 0.398. The first-order chi connectivity index (χ1) is 12.5. The van der Waals surface area contributed by atoms with E-state index >= 15 is 0 Å². The smallest absolute Gasteiger partial charge is 0.244 e. The average molecular weight is 350 g/mol. The van der Waals surface area contributed by atoms with Gasteiger partial charge in [0.05, 0.1) is 12.8 Å². The molecule has 2 aromatic carbocycles. The van der Waals surface area contributed by atoms with Gasteiger partial charge in [0.1, 0.15) is 12.3 Å². The predicted molar refractivity (Wildman–Crippen MR) is 103 cm³/mol. The fourth-order valence-corrected chi connectivity index (χ4v) is 2.98. The summed E-state index contributed by atoms with van der Waals surface area (Å²) in [6, 6.07) is 14.9. The van der Waals surface area contributed by atoms with Crippen LogP contribution in [-0.4, -0.2) is 23.4 Å². The summed E-state index contributed by atoms with van der Waals surface area (Å²) in [4.78, 5) is 25.0. The Morgan fingerprint density at radius 1 is 1.08 bits per heavy atom. The zero-order chi connectivity index (χ0) is 18.7. The molecule has 5 nitrogen and oxygen atoms in total. The number of carbonyl (C=O) groups is 2. The second-order valence-corrected chi connectivity index (χ2v) is 6.46. The molecule has 26 heavy (non-hydrogen) atoms. The van der Waals surface area contributed by atoms with E-state index in [1.807, 2.05) is 54.8 Å². The van der Waals surface area contributed by atoms with Crippen LogP contribution in [0.5, 0.6) is 5.75 Å². The van der Waals surface area contributed by atoms with Gasteiger partial charge in [0.15, 0.2) is 5.78 Å². The molecule has 0 unspecified atom stereocenters. The van der Waals surface area contributed by atoms with Gasteiger partial charge in [-0.1, -0.05) is 44.2 Å². The number of rotatable bonds is 6. The van der Waals surface area contributed by atoms with Gasteiger partial charge in [-0.3, -0.25) is 9.59 Å². The minimum absolute atomic E-state index is 0.0742. The average Bonchev–Trinajstić information content (AvgIpc) is 3.00. The van der Waals surface area contributed by atoms with Crippen molar-refractivity contribution in [3.05, 3.63) is 60.3 Å². The van der Waals surface area contributed by atoms with Gasteiger partial charge in [0.2, 0.25) is 5.91 Å². The minimum Gasteiger partial charge on any atom is -0.495 e. The zero-order valence-electron chi connectivity index (χ0n) is 15.2. The Labute approximate surface area is 152 Å². The van der Waals surface area contributed by atoms with Crippen molar-refractivity contribution >= 4 is 28.3 Å². The van der Waals surface area contributed by atoms with Crippen molar-refractivity contribution < 1.29 is 14.3 Å². The molecule has 1 amide bonds. The van der Waals surface area contributed by atoms with Crippen LogP contribution in [0.15, 0.2) is 54.7 Å². The lowest BCUT2D eigenvalue weighted by Crippen LogP contribution is -2.18. The molecular weight excluding hydrogens is 328 g/mol. The maximum atomic E-state index is 12.5. The molecule has 0 atom stereocenters. The number of methoxy groups -OCH3 is 1. The molecule has 0 spiro atoms. The fourth-order valence-electron chi connectivity index (χ4n) is 2.98. The van der Waals surface area contributed by atoms with Crippen LogP contribution in [0.3, 0.4) is 0 Å². The number of amides is 1. The number of anilines is 1. The van der Waals surface area contributed by atoms with E-state index in [0.717, 1.165) is 10.9 Å². The van der Waals surface area contributed by atoms with E-state index in [2.05, 4.69) is 5.32 Å². The Morgan fingerprint density at radius 3 is 2.50 bits per heavy atom. The summed E-state index contributed by atoms with van der Waals surface area (Å²) in [6.45, 7) is 3.87. The van der Waals surface area contributed by atoms with Crippen LogP contribution in [0, 0.1) is 5.92 Å². The van der Waals surface area contributed by atoms with E-state index < -0.39 is 0 Å². The zero-order valence-corrected chi connectivity index (χ0v) is 15.2. The Kier molecular flexibility index (Phi) is 5.07. The third-order valence-corrected chi connectivity index (χ3v) is 4.27. The van der Waals surface area contributed by atoms with Crippen LogP contribution >= 0.6 is 0 Å². The van der Waals surface area contributed by atoms with Gasteiger partial charge in [-0.25, -0.2) is 0 Å². The molecular formula is C21H22N2O3. The molecule has 0 aliphatic carbocycles. The number of nitrogens with zero attached hydrogens (tertiary/aromatic N) is 1. The maximum Gasteiger partial charge on any atom is 0.244 e. The lowest BCUT2D eigenvalue weighted by Gasteiger charge is -2.10. The van der Waals surface area contributed by atoms with Crippen molar-refractivity contribution in [3.8, 4) is 5.75 Å². The number of carbonyl (C=O) groups excluding carboxylic acids is 2. The van der Waals surface area contributed by atoms with Gasteiger partial charge < -0.3 is 14.6 Å². The first-order valence-corrected chi connectivity index (χ1v) is 8.56. The van der Waals surface area contributed by atoms with Gasteiger partial charge in [0, 0.05) is 28.6 Å². The molecule has 1 N–H and O–H groups in total. The molecule has 134 valence electrons. The van der Waals surface area contributed by atoms with E-state index in [-0.39, 0.29) is 24.2 Å². The van der Waals surface area contributed by atoms with Crippen molar-refractivity contribution in [2.75, 3.05) is 12.4 Å². The molecule has 0 radical (unpaired) electrons. The van der Waals surface area contributed by atoms with E-state index in [0.29, 0.717) is 17.0 Å². The maximum absolute atomic E-state index is 12.5. The molecule has 0 saturated carbocycles. The summed E-state index contributed by atoms with van der Waals surface area (Å²) < 4.78 is 7.08. The number of nitrogens with one attached hydrogen (secondary N) is 1. The van der Waals surface area contributed by atoms with E-state index in [1.54, 1.807) is 25.4 Å². The molecule has 3 aromatic rings. The summed E-state index contributed by atoms with van der Waals surface area (Å²) in [5, 5.41) is 3.74. The van der Waals surface area contributed by atoms with Gasteiger partial charge in [-0.2, -0.15) is 0 Å². The summed E-state index contributed by atoms with van der Waals surface area (Å²) in [7, 11) is 1.56. The summed E-state index contributed by atoms with van der Waals surface area (Å²) in [5.41, 5.74) is 2.14. The van der Waals surface area contributed by atoms with Crippen molar-refractivity contribution in [1.82, 2.24) is 4.57 Å². The highest BCUT2D eigenvalue weighted by Gasteiger charge is 2.18. The van der Waals surface area contributed by atoms with Crippen LogP contribution in [0.4, 0.5) is 5.69 Å². The minimum atomic E-state index is -0.182. The Morgan fingerprint density at radius 2 is 1.77 bits per heavy atom. The highest BCUT2D eigenvalue weighted by molar-refractivity contribution is 6.09. The molecule has 0 fully saturated rings. The highest BCUT2D eigenvalue weighted by atomic mass is 16.5. The molecule has 5 heteroatoms. The topological polar surface area (TPSA) is 60.3 Å². The lowest BCUT2D eigenvalue weighted by atomic mass is 10.0. The monoisotopic (exact) mass is 350 g/mol. The van der Waals surface area contributed by atoms with Crippen LogP contribution < -0.4 is 10.1 Å². The van der Waals surface area contributed by atoms with E-state index in [4.69, 9.17) is 4.74 Å². The van der Waals surface area contributed by atoms with Crippen molar-refractivity contribution in [1.29, 1.82) is 0 Å². The van der Waals surface area contributed by atoms with Crippen molar-refractivity contribution in [3.63, 3.8) is 0 Å². The number of hydrogen-bond donors (Lipinski definition) is 1. The molecule has 0 aliphatic heterocycles. The summed E-state index contributed by atoms with van der Waals surface area (Å²) >= 11 is 0. The Hall–Kier alpha value is -3.08. The normalized spacial score (nSPS) is 10.9. The van der Waals surface area contributed by atoms with E-state index in [1.165, 1.54) is 0 Å². The van der Waals surface area contributed by atoms with Crippen LogP contribution in [0.2, 0.25) is 0 Å². The number of hydrogen-bond acceptors (Lipinski definition) is 3. The Balaban J connectivity index is 1.89. The second kappa shape index (κ2) is 7.44. The van der Waals surface area contributed by atoms with Crippen molar-refractivity contribution in [2.24, 2.45) is 5.92 Å². The van der Waals surface area contributed by atoms with Gasteiger partial charge in [-0.15, -0.1) is 0 Å². The number of para-hydroxylation sites is 3. The van der Waals surface area contributed by atoms with Crippen LogP contribution in [0.1, 0.15) is 24.2 Å². The SMILES string of the molecule is COc1ccccc1NC(=O)Cn1cc(C(=O)C(C)C)c2ccccc21. The number of benzene rings is 2. The standard InChI is InChI=1S/C21H22N2O3/c1-14(2)21(25)16-12-23(18-10-6-4-8-15(16)18)13-20(24)22-17-9-5-7-11-19(17)26-3/h4-12,14H,13H2,1-3H3,(H,22,24). The van der Waals surface area contributed by atoms with Gasteiger partial charge >= 0.3 is 0 Å². The second-order valence-electron chi connectivity index (χ2n) is 6.46. The predicted octanol–water partition coefficient (Wildman–Crippen LogP) is 4.13. The van der Waals surface area contributed by atoms with Gasteiger partial charge in [0.25, 0.3) is 0 Å². The molecule has 1 aromatic heterocycles. The fraction of sp³-hybridized carbons (Fsp3) is 0.238. The molecule has 1 heterocycles. The number of ether oxygens (including phenoxy) is 1. The molecule has 0 aliphatic rings. The van der Waals surface area contributed by atoms with Crippen molar-refractivity contribution in [2.45, 2.75) is 20.4 Å². The largest absolute Gasteiger partial charge is 0.495 e. The van der Waals surface area contributed by atoms with E-state index in [9.17, 15) is 9.59 Å². The van der Waals surface area contributed by atoms with Gasteiger partial charge in [-0.05, 0) is 18.2 Å². The molecule has 0 saturated heterocycles. The number of ketones is 1. The Bertz CT molecular complexity index is 957. The molecule has 0 bridgehead atoms. The first kappa shape index (κ1) is 17.7.